The fraction of sp³-hybridized carbons (Fsp3) is 1.00. The fourth-order valence-corrected chi connectivity index (χ4v) is 2.60. The second kappa shape index (κ2) is 4.24. The predicted molar refractivity (Wildman–Crippen MR) is 46.3 cm³/mol. The van der Waals surface area contributed by atoms with Crippen molar-refractivity contribution in [2.75, 3.05) is 6.61 Å². The Morgan fingerprint density at radius 1 is 1.60 bits per heavy atom. The van der Waals surface area contributed by atoms with Gasteiger partial charge in [-0.15, -0.1) is 11.8 Å². The number of hydrogen-bond acceptors (Lipinski definition) is 2. The summed E-state index contributed by atoms with van der Waals surface area (Å²) in [6.45, 7) is 5.37. The zero-order valence-corrected chi connectivity index (χ0v) is 7.62. The number of rotatable bonds is 2. The van der Waals surface area contributed by atoms with Crippen LogP contribution in [-0.2, 0) is 4.74 Å². The van der Waals surface area contributed by atoms with Crippen molar-refractivity contribution < 1.29 is 4.74 Å². The second-order valence-electron chi connectivity index (χ2n) is 2.77. The Balaban J connectivity index is 2.18. The third-order valence-corrected chi connectivity index (χ3v) is 3.16. The van der Waals surface area contributed by atoms with Crippen molar-refractivity contribution in [1.29, 1.82) is 0 Å². The van der Waals surface area contributed by atoms with Crippen LogP contribution < -0.4 is 0 Å². The largest absolute Gasteiger partial charge is 0.368 e. The van der Waals surface area contributed by atoms with Gasteiger partial charge < -0.3 is 4.74 Å². The maximum absolute atomic E-state index is 5.42. The van der Waals surface area contributed by atoms with Crippen LogP contribution in [0.1, 0.15) is 33.1 Å². The summed E-state index contributed by atoms with van der Waals surface area (Å²) in [7, 11) is 0. The Labute approximate surface area is 67.5 Å². The Morgan fingerprint density at radius 3 is 3.00 bits per heavy atom. The van der Waals surface area contributed by atoms with Crippen molar-refractivity contribution in [2.24, 2.45) is 0 Å². The van der Waals surface area contributed by atoms with E-state index < -0.39 is 0 Å². The Morgan fingerprint density at radius 2 is 2.40 bits per heavy atom. The van der Waals surface area contributed by atoms with Crippen molar-refractivity contribution >= 4 is 11.8 Å². The molecule has 0 aromatic heterocycles. The second-order valence-corrected chi connectivity index (χ2v) is 4.38. The van der Waals surface area contributed by atoms with Gasteiger partial charge in [0.05, 0.1) is 0 Å². The molecule has 0 aromatic carbocycles. The van der Waals surface area contributed by atoms with Gasteiger partial charge in [0.25, 0.3) is 0 Å². The molecule has 1 heterocycles. The summed E-state index contributed by atoms with van der Waals surface area (Å²) in [5.41, 5.74) is 0.435. The van der Waals surface area contributed by atoms with Gasteiger partial charge in [-0.1, -0.05) is 13.3 Å². The molecule has 0 radical (unpaired) electrons. The average molecular weight is 160 g/mol. The molecule has 0 bridgehead atoms. The summed E-state index contributed by atoms with van der Waals surface area (Å²) in [6, 6.07) is 0. The summed E-state index contributed by atoms with van der Waals surface area (Å²) < 4.78 is 5.42. The van der Waals surface area contributed by atoms with Gasteiger partial charge in [0.1, 0.15) is 5.44 Å². The van der Waals surface area contributed by atoms with Gasteiger partial charge >= 0.3 is 0 Å². The molecule has 0 N–H and O–H groups in total. The molecule has 2 atom stereocenters. The van der Waals surface area contributed by atoms with Gasteiger partial charge in [0.15, 0.2) is 0 Å². The molecular formula is C8H16OS. The third-order valence-electron chi connectivity index (χ3n) is 1.79. The van der Waals surface area contributed by atoms with E-state index in [1.165, 1.54) is 19.3 Å². The smallest absolute Gasteiger partial charge is 0.100 e. The highest BCUT2D eigenvalue weighted by Crippen LogP contribution is 2.29. The monoisotopic (exact) mass is 160 g/mol. The van der Waals surface area contributed by atoms with Gasteiger partial charge in [-0.25, -0.2) is 0 Å². The quantitative estimate of drug-likeness (QED) is 0.614. The zero-order chi connectivity index (χ0) is 7.40. The minimum atomic E-state index is 0.435. The molecule has 0 spiro atoms. The standard InChI is InChI=1S/C8H16OS/c1-3-4-8-5-6-9-7(2)10-8/h7-8H,3-6H2,1-2H3/t7-,8-/m0/s1. The summed E-state index contributed by atoms with van der Waals surface area (Å²) in [4.78, 5) is 0. The molecule has 1 nitrogen and oxygen atoms in total. The SMILES string of the molecule is CCC[C@H]1CCO[C@H](C)S1. The topological polar surface area (TPSA) is 9.23 Å². The summed E-state index contributed by atoms with van der Waals surface area (Å²) in [5.74, 6) is 0. The lowest BCUT2D eigenvalue weighted by Crippen LogP contribution is -2.20. The van der Waals surface area contributed by atoms with Crippen molar-refractivity contribution in [2.45, 2.75) is 43.8 Å². The molecule has 2 heteroatoms. The van der Waals surface area contributed by atoms with Crippen LogP contribution in [0.15, 0.2) is 0 Å². The predicted octanol–water partition coefficient (Wildman–Crippen LogP) is 2.65. The highest BCUT2D eigenvalue weighted by molar-refractivity contribution is 8.00. The fourth-order valence-electron chi connectivity index (χ4n) is 1.28. The number of hydrogen-bond donors (Lipinski definition) is 0. The first-order chi connectivity index (χ1) is 4.83. The van der Waals surface area contributed by atoms with Gasteiger partial charge in [-0.3, -0.25) is 0 Å². The maximum atomic E-state index is 5.42. The molecule has 1 fully saturated rings. The van der Waals surface area contributed by atoms with Crippen molar-refractivity contribution in [3.8, 4) is 0 Å². The van der Waals surface area contributed by atoms with Crippen LogP contribution in [0.5, 0.6) is 0 Å². The van der Waals surface area contributed by atoms with Gasteiger partial charge in [0, 0.05) is 11.9 Å². The Hall–Kier alpha value is 0.310. The van der Waals surface area contributed by atoms with E-state index in [-0.39, 0.29) is 0 Å². The van der Waals surface area contributed by atoms with E-state index in [9.17, 15) is 0 Å². The first-order valence-corrected chi connectivity index (χ1v) is 5.04. The van der Waals surface area contributed by atoms with Crippen LogP contribution in [0.25, 0.3) is 0 Å². The summed E-state index contributed by atoms with van der Waals surface area (Å²) >= 11 is 1.99. The molecule has 1 aliphatic rings. The van der Waals surface area contributed by atoms with E-state index in [1.54, 1.807) is 0 Å². The van der Waals surface area contributed by atoms with E-state index in [0.717, 1.165) is 11.9 Å². The van der Waals surface area contributed by atoms with E-state index in [2.05, 4.69) is 13.8 Å². The molecule has 0 unspecified atom stereocenters. The molecule has 0 saturated carbocycles. The zero-order valence-electron chi connectivity index (χ0n) is 6.80. The van der Waals surface area contributed by atoms with Crippen molar-refractivity contribution in [3.63, 3.8) is 0 Å². The highest BCUT2D eigenvalue weighted by atomic mass is 32.2. The highest BCUT2D eigenvalue weighted by Gasteiger charge is 2.18. The molecule has 1 aliphatic heterocycles. The normalized spacial score (nSPS) is 34.2. The lowest BCUT2D eigenvalue weighted by molar-refractivity contribution is 0.110. The molecule has 60 valence electrons. The summed E-state index contributed by atoms with van der Waals surface area (Å²) in [5, 5.41) is 0.869. The van der Waals surface area contributed by atoms with Crippen molar-refractivity contribution in [3.05, 3.63) is 0 Å². The lowest BCUT2D eigenvalue weighted by atomic mass is 10.2. The first-order valence-electron chi connectivity index (χ1n) is 4.10. The van der Waals surface area contributed by atoms with Crippen LogP contribution in [0.2, 0.25) is 0 Å². The van der Waals surface area contributed by atoms with Crippen LogP contribution in [0, 0.1) is 0 Å². The number of ether oxygens (including phenoxy) is 1. The molecule has 0 aromatic rings. The molecule has 1 rings (SSSR count). The Kier molecular flexibility index (Phi) is 3.57. The number of thioether (sulfide) groups is 1. The Bertz CT molecular complexity index is 93.3. The minimum Gasteiger partial charge on any atom is -0.368 e. The summed E-state index contributed by atoms with van der Waals surface area (Å²) in [6.07, 6.45) is 3.92. The van der Waals surface area contributed by atoms with Crippen LogP contribution in [0.3, 0.4) is 0 Å². The average Bonchev–Trinajstić information content (AvgIpc) is 1.88. The van der Waals surface area contributed by atoms with E-state index >= 15 is 0 Å². The maximum Gasteiger partial charge on any atom is 0.100 e. The van der Waals surface area contributed by atoms with Gasteiger partial charge in [0.2, 0.25) is 0 Å². The molecule has 10 heavy (non-hydrogen) atoms. The van der Waals surface area contributed by atoms with E-state index in [1.807, 2.05) is 11.8 Å². The molecule has 0 amide bonds. The molecular weight excluding hydrogens is 144 g/mol. The minimum absolute atomic E-state index is 0.435. The van der Waals surface area contributed by atoms with E-state index in [4.69, 9.17) is 4.74 Å². The van der Waals surface area contributed by atoms with Gasteiger partial charge in [-0.2, -0.15) is 0 Å². The third kappa shape index (κ3) is 2.51. The first kappa shape index (κ1) is 8.41. The van der Waals surface area contributed by atoms with Gasteiger partial charge in [-0.05, 0) is 19.8 Å². The van der Waals surface area contributed by atoms with Crippen LogP contribution in [0.4, 0.5) is 0 Å². The van der Waals surface area contributed by atoms with Crippen LogP contribution in [-0.4, -0.2) is 17.3 Å². The lowest BCUT2D eigenvalue weighted by Gasteiger charge is -2.26. The van der Waals surface area contributed by atoms with Crippen LogP contribution >= 0.6 is 11.8 Å². The molecule has 0 aliphatic carbocycles. The van der Waals surface area contributed by atoms with Crippen molar-refractivity contribution in [1.82, 2.24) is 0 Å². The van der Waals surface area contributed by atoms with E-state index in [0.29, 0.717) is 5.44 Å². The molecule has 1 saturated heterocycles.